The fraction of sp³-hybridized carbons (Fsp3) is 0.537. The number of halogens is 1. The van der Waals surface area contributed by atoms with Gasteiger partial charge in [-0.25, -0.2) is 29.1 Å². The molecule has 2 unspecified atom stereocenters. The Morgan fingerprint density at radius 1 is 0.491 bits per heavy atom. The highest BCUT2D eigenvalue weighted by Crippen LogP contribution is 2.49. The molecule has 2 aliphatic carbocycles. The maximum Gasteiger partial charge on any atom is 0.488 e. The van der Waals surface area contributed by atoms with Gasteiger partial charge in [0.15, 0.2) is 0 Å². The maximum absolute atomic E-state index is 13.7. The lowest BCUT2D eigenvalue weighted by Crippen LogP contribution is -2.39. The molecule has 108 heavy (non-hydrogen) atoms. The summed E-state index contributed by atoms with van der Waals surface area (Å²) in [6.45, 7) is 28.0. The highest BCUT2D eigenvalue weighted by molar-refractivity contribution is 9.10. The van der Waals surface area contributed by atoms with Gasteiger partial charge in [0.25, 0.3) is 0 Å². The zero-order valence-electron chi connectivity index (χ0n) is 64.2. The number of amides is 4. The molecule has 4 fully saturated rings. The first-order valence-electron chi connectivity index (χ1n) is 38.0. The van der Waals surface area contributed by atoms with Gasteiger partial charge in [-0.2, -0.15) is 0 Å². The number of hydrogen-bond donors (Lipinski definition) is 2. The second-order valence-electron chi connectivity index (χ2n) is 33.8. The molecule has 576 valence electrons. The number of carbonyl (C=O) groups is 6. The minimum Gasteiger partial charge on any atom is -0.444 e. The van der Waals surface area contributed by atoms with Crippen molar-refractivity contribution in [2.45, 2.75) is 208 Å². The Kier molecular flexibility index (Phi) is 25.1. The van der Waals surface area contributed by atoms with Crippen molar-refractivity contribution in [1.29, 1.82) is 0 Å². The topological polar surface area (TPSA) is 244 Å². The second kappa shape index (κ2) is 33.8. The molecule has 0 radical (unpaired) electrons. The molecule has 26 heteroatoms. The van der Waals surface area contributed by atoms with Crippen molar-refractivity contribution in [3.05, 3.63) is 121 Å². The second-order valence-corrected chi connectivity index (χ2v) is 39.2. The number of benzene rings is 2. The molecule has 2 saturated heterocycles. The predicted octanol–water partition coefficient (Wildman–Crippen LogP) is 17.6. The first kappa shape index (κ1) is 80.3. The number of nitrogens with zero attached hydrogens (tertiary/aromatic N) is 8. The first-order chi connectivity index (χ1) is 51.1. The molecule has 2 N–H and O–H groups in total. The van der Waals surface area contributed by atoms with Crippen molar-refractivity contribution in [3.63, 3.8) is 0 Å². The Morgan fingerprint density at radius 3 is 1.26 bits per heavy atom. The van der Waals surface area contributed by atoms with Crippen LogP contribution in [0.2, 0.25) is 0 Å². The van der Waals surface area contributed by atoms with Crippen LogP contribution in [0.4, 0.5) is 19.2 Å². The van der Waals surface area contributed by atoms with E-state index in [1.54, 1.807) is 79.7 Å². The monoisotopic (exact) mass is 1610 g/mol. The van der Waals surface area contributed by atoms with E-state index in [1.165, 1.54) is 23.5 Å². The van der Waals surface area contributed by atoms with Gasteiger partial charge < -0.3 is 48.6 Å². The number of ether oxygens (including phenoxy) is 4. The predicted molar refractivity (Wildman–Crippen MR) is 432 cm³/mol. The summed E-state index contributed by atoms with van der Waals surface area (Å²) < 4.78 is 25.8. The summed E-state index contributed by atoms with van der Waals surface area (Å²) >= 11 is 10.2. The van der Waals surface area contributed by atoms with Crippen molar-refractivity contribution in [3.8, 4) is 32.3 Å². The molecule has 0 bridgehead atoms. The molecule has 2 saturated carbocycles. The minimum absolute atomic E-state index is 0.195. The molecule has 4 aliphatic heterocycles. The van der Waals surface area contributed by atoms with Crippen molar-refractivity contribution in [2.24, 2.45) is 35.5 Å². The van der Waals surface area contributed by atoms with Gasteiger partial charge in [-0.1, -0.05) is 34.8 Å². The van der Waals surface area contributed by atoms with Crippen molar-refractivity contribution >= 4 is 130 Å². The molecule has 6 aliphatic rings. The van der Waals surface area contributed by atoms with Crippen molar-refractivity contribution in [2.75, 3.05) is 39.3 Å². The van der Waals surface area contributed by atoms with Crippen LogP contribution in [-0.4, -0.2) is 154 Å². The lowest BCUT2D eigenvalue weighted by Gasteiger charge is -2.30. The summed E-state index contributed by atoms with van der Waals surface area (Å²) in [6.07, 6.45) is 17.3. The number of thiophene rings is 2. The number of Topliss-reactive ketones (excluding diaryl/α,β-unsaturated/α-hetero) is 2. The number of aromatic nitrogens is 4. The van der Waals surface area contributed by atoms with Crippen molar-refractivity contribution in [1.82, 2.24) is 39.5 Å². The third-order valence-electron chi connectivity index (χ3n) is 20.6. The van der Waals surface area contributed by atoms with E-state index in [9.17, 15) is 28.8 Å². The van der Waals surface area contributed by atoms with E-state index < -0.39 is 29.5 Å². The van der Waals surface area contributed by atoms with E-state index in [2.05, 4.69) is 50.2 Å². The van der Waals surface area contributed by atoms with Crippen LogP contribution in [0.25, 0.3) is 52.7 Å². The lowest BCUT2D eigenvalue weighted by atomic mass is 9.81. The van der Waals surface area contributed by atoms with E-state index in [-0.39, 0.29) is 35.9 Å². The quantitative estimate of drug-likeness (QED) is 0.0674. The van der Waals surface area contributed by atoms with Gasteiger partial charge in [-0.15, -0.1) is 45.3 Å². The largest absolute Gasteiger partial charge is 0.488 e. The molecule has 2 aromatic carbocycles. The van der Waals surface area contributed by atoms with Crippen LogP contribution in [0.1, 0.15) is 178 Å². The van der Waals surface area contributed by atoms with Crippen LogP contribution in [0.5, 0.6) is 0 Å². The number of ketones is 2. The van der Waals surface area contributed by atoms with Gasteiger partial charge in [0.1, 0.15) is 44.0 Å². The number of likely N-dealkylation sites (tertiary alicyclic amines) is 2. The fourth-order valence-electron chi connectivity index (χ4n) is 15.9. The first-order valence-corrected chi connectivity index (χ1v) is 42.0. The number of fused-ring (bicyclic) bond motifs is 6. The van der Waals surface area contributed by atoms with E-state index in [4.69, 9.17) is 39.0 Å². The maximum atomic E-state index is 13.7. The number of carbonyl (C=O) groups excluding carboxylic acids is 6. The molecule has 4 amide bonds. The van der Waals surface area contributed by atoms with Gasteiger partial charge in [0, 0.05) is 125 Å². The minimum atomic E-state index is -1.38. The highest BCUT2D eigenvalue weighted by Gasteiger charge is 2.45. The van der Waals surface area contributed by atoms with E-state index in [0.29, 0.717) is 106 Å². The average Bonchev–Trinajstić information content (AvgIpc) is 1.62. The molecule has 14 rings (SSSR count). The number of rotatable bonds is 16. The Hall–Kier alpha value is -7.20. The normalized spacial score (nSPS) is 19.7. The average molecular weight is 1610 g/mol. The lowest BCUT2D eigenvalue weighted by molar-refractivity contribution is -0.119. The zero-order valence-corrected chi connectivity index (χ0v) is 69.1. The molecular formula is C82H102BBrN8O12S4. The van der Waals surface area contributed by atoms with Crippen LogP contribution in [0.3, 0.4) is 0 Å². The zero-order chi connectivity index (χ0) is 77.1. The summed E-state index contributed by atoms with van der Waals surface area (Å²) in [6, 6.07) is 19.6. The SMILES string of the molecule is CC(C)(C)OC(=O)N1CCc2c(sc(CC(=O)CCCC3C[C@@H]4CN(C(=O)OC(C)(C)C)C[C@@H]4C3)c2-c2nc3cc(-c4ccncc4)ccc3s2)C1.CC(C)(C)OC(=O)N1CCc2c(sc(CC(=O)CCCC3C[C@@H]4CN(C(=O)OC(C)(C)C)C[C@@H]4C3)c2-c2nc3cc(Br)ccc3s2)C1.OB(O)c1ccncc1. The van der Waals surface area contributed by atoms with Crippen LogP contribution < -0.4 is 5.46 Å². The Morgan fingerprint density at radius 2 is 0.870 bits per heavy atom. The van der Waals surface area contributed by atoms with Crippen LogP contribution in [0.15, 0.2) is 89.9 Å². The van der Waals surface area contributed by atoms with Crippen molar-refractivity contribution < 1.29 is 57.8 Å². The van der Waals surface area contributed by atoms with Gasteiger partial charge in [-0.05, 0) is 252 Å². The number of hydrogen-bond acceptors (Lipinski definition) is 20. The smallest absolute Gasteiger partial charge is 0.444 e. The summed E-state index contributed by atoms with van der Waals surface area (Å²) in [5.41, 5.74) is 7.06. The van der Waals surface area contributed by atoms with Crippen LogP contribution in [-0.2, 0) is 67.3 Å². The molecule has 10 heterocycles. The molecule has 0 spiro atoms. The van der Waals surface area contributed by atoms with E-state index in [1.807, 2.05) is 117 Å². The molecule has 6 aromatic heterocycles. The van der Waals surface area contributed by atoms with Gasteiger partial charge in [-0.3, -0.25) is 19.6 Å². The number of pyridine rings is 2. The summed E-state index contributed by atoms with van der Waals surface area (Å²) in [5, 5.41) is 19.0. The summed E-state index contributed by atoms with van der Waals surface area (Å²) in [5.74, 6) is 3.86. The Labute approximate surface area is 659 Å². The fourth-order valence-corrected chi connectivity index (χ4v) is 21.3. The molecular weight excluding hydrogens is 1510 g/mol. The van der Waals surface area contributed by atoms with Crippen LogP contribution >= 0.6 is 61.3 Å². The highest BCUT2D eigenvalue weighted by atomic mass is 79.9. The Balaban J connectivity index is 0.000000181. The molecule has 20 nitrogen and oxygen atoms in total. The molecule has 6 atom stereocenters. The Bertz CT molecular complexity index is 4530. The number of thiazole rings is 2. The standard InChI is InChI=1S/C41H50N4O5S2.C36H46BrN3O5S2.C5H6BNO2/c1-40(2,3)49-38(47)44-17-14-31-35(24-44)51-34(36(31)37-43-32-20-27(10-11-33(32)52-37)26-12-15-42-16-13-26)21-30(46)9-7-8-25-18-28-22-45(23-29(28)19-25)39(48)50-41(4,5)6;1-35(2,3)44-33(42)39-13-12-26-30(20-39)46-29(31(26)32-38-27-16-24(37)10-11-28(27)47-32)17-25(41)9-7-8-21-14-22-18-40(19-23(22)15-21)34(43)45-36(4,5)6;8-6(9)5-1-3-7-4-2-5/h10-13,15-16,20,25,28-29H,7-9,14,17-19,21-24H2,1-6H3;10-11,16,21-23H,7-9,12-15,17-20H2,1-6H3;1-4,8-9H/t25?,28-,29+;21?,22-,23+;. The third kappa shape index (κ3) is 20.9. The van der Waals surface area contributed by atoms with Gasteiger partial charge >= 0.3 is 31.5 Å². The van der Waals surface area contributed by atoms with Gasteiger partial charge in [0.2, 0.25) is 0 Å². The third-order valence-corrected chi connectivity index (χ3v) is 25.6. The summed E-state index contributed by atoms with van der Waals surface area (Å²) in [4.78, 5) is 108. The van der Waals surface area contributed by atoms with Gasteiger partial charge in [0.05, 0.1) is 33.5 Å². The van der Waals surface area contributed by atoms with Crippen LogP contribution in [0, 0.1) is 35.5 Å². The van der Waals surface area contributed by atoms with E-state index >= 15 is 0 Å². The molecule has 8 aromatic rings. The summed E-state index contributed by atoms with van der Waals surface area (Å²) in [7, 11) is -1.38. The van der Waals surface area contributed by atoms with E-state index in [0.717, 1.165) is 154 Å².